The Morgan fingerprint density at radius 3 is 2.71 bits per heavy atom. The first kappa shape index (κ1) is 14.0. The molecule has 3 N–H and O–H groups in total. The Morgan fingerprint density at radius 2 is 2.12 bits per heavy atom. The summed E-state index contributed by atoms with van der Waals surface area (Å²) in [5.41, 5.74) is 5.83. The summed E-state index contributed by atoms with van der Waals surface area (Å²) in [6.45, 7) is 2.65. The summed E-state index contributed by atoms with van der Waals surface area (Å²) in [6.07, 6.45) is 3.63. The minimum absolute atomic E-state index is 0.0153. The molecule has 1 saturated carbocycles. The largest absolute Gasteiger partial charge is 0.347 e. The van der Waals surface area contributed by atoms with Gasteiger partial charge < -0.3 is 16.0 Å². The SMILES string of the molecule is CCN(C)C(=O)CNC(=O)C1CCCC(N)C1. The number of rotatable bonds is 4. The maximum atomic E-state index is 11.8. The number of hydrogen-bond donors (Lipinski definition) is 2. The average molecular weight is 241 g/mol. The molecule has 0 spiro atoms. The Bertz CT molecular complexity index is 281. The van der Waals surface area contributed by atoms with Crippen molar-refractivity contribution < 1.29 is 9.59 Å². The summed E-state index contributed by atoms with van der Waals surface area (Å²) in [6, 6.07) is 0.133. The van der Waals surface area contributed by atoms with E-state index in [2.05, 4.69) is 5.32 Å². The lowest BCUT2D eigenvalue weighted by Gasteiger charge is -2.25. The van der Waals surface area contributed by atoms with Crippen molar-refractivity contribution in [3.63, 3.8) is 0 Å². The second-order valence-electron chi connectivity index (χ2n) is 4.75. The summed E-state index contributed by atoms with van der Waals surface area (Å²) in [5.74, 6) is -0.0996. The normalized spacial score (nSPS) is 24.2. The van der Waals surface area contributed by atoms with Crippen LogP contribution in [0.1, 0.15) is 32.6 Å². The van der Waals surface area contributed by atoms with E-state index in [1.54, 1.807) is 11.9 Å². The van der Waals surface area contributed by atoms with Gasteiger partial charge in [-0.1, -0.05) is 6.42 Å². The van der Waals surface area contributed by atoms with Gasteiger partial charge in [0.2, 0.25) is 11.8 Å². The van der Waals surface area contributed by atoms with Crippen molar-refractivity contribution in [2.75, 3.05) is 20.1 Å². The highest BCUT2D eigenvalue weighted by Crippen LogP contribution is 2.22. The molecule has 98 valence electrons. The molecule has 0 aliphatic heterocycles. The zero-order chi connectivity index (χ0) is 12.8. The molecule has 1 rings (SSSR count). The Kier molecular flexibility index (Phi) is 5.41. The van der Waals surface area contributed by atoms with Gasteiger partial charge in [-0.15, -0.1) is 0 Å². The maximum Gasteiger partial charge on any atom is 0.241 e. The maximum absolute atomic E-state index is 11.8. The van der Waals surface area contributed by atoms with Crippen LogP contribution < -0.4 is 11.1 Å². The highest BCUT2D eigenvalue weighted by atomic mass is 16.2. The Morgan fingerprint density at radius 1 is 1.41 bits per heavy atom. The number of nitrogens with two attached hydrogens (primary N) is 1. The van der Waals surface area contributed by atoms with Gasteiger partial charge in [-0.3, -0.25) is 9.59 Å². The minimum Gasteiger partial charge on any atom is -0.347 e. The zero-order valence-electron chi connectivity index (χ0n) is 10.7. The number of carbonyl (C=O) groups excluding carboxylic acids is 2. The fraction of sp³-hybridized carbons (Fsp3) is 0.833. The molecule has 1 fully saturated rings. The van der Waals surface area contributed by atoms with Crippen LogP contribution in [0, 0.1) is 5.92 Å². The minimum atomic E-state index is -0.0547. The van der Waals surface area contributed by atoms with Crippen molar-refractivity contribution in [1.29, 1.82) is 0 Å². The summed E-state index contributed by atoms with van der Waals surface area (Å²) >= 11 is 0. The van der Waals surface area contributed by atoms with Crippen LogP contribution in [-0.4, -0.2) is 42.9 Å². The number of nitrogens with zero attached hydrogens (tertiary/aromatic N) is 1. The first-order valence-electron chi connectivity index (χ1n) is 6.31. The van der Waals surface area contributed by atoms with Crippen LogP contribution in [-0.2, 0) is 9.59 Å². The average Bonchev–Trinajstić information content (AvgIpc) is 2.34. The highest BCUT2D eigenvalue weighted by Gasteiger charge is 2.25. The van der Waals surface area contributed by atoms with Gasteiger partial charge in [-0.05, 0) is 26.2 Å². The number of carbonyl (C=O) groups is 2. The van der Waals surface area contributed by atoms with E-state index in [0.717, 1.165) is 25.7 Å². The van der Waals surface area contributed by atoms with Crippen molar-refractivity contribution in [3.05, 3.63) is 0 Å². The van der Waals surface area contributed by atoms with Crippen LogP contribution in [0.25, 0.3) is 0 Å². The van der Waals surface area contributed by atoms with E-state index in [9.17, 15) is 9.59 Å². The number of nitrogens with one attached hydrogen (secondary N) is 1. The summed E-state index contributed by atoms with van der Waals surface area (Å²) < 4.78 is 0. The van der Waals surface area contributed by atoms with E-state index in [1.165, 1.54) is 0 Å². The first-order chi connectivity index (χ1) is 8.04. The molecule has 1 aliphatic carbocycles. The van der Waals surface area contributed by atoms with Crippen LogP contribution in [0.4, 0.5) is 0 Å². The fourth-order valence-corrected chi connectivity index (χ4v) is 2.08. The lowest BCUT2D eigenvalue weighted by atomic mass is 9.85. The van der Waals surface area contributed by atoms with Crippen molar-refractivity contribution >= 4 is 11.8 Å². The number of likely N-dealkylation sites (N-methyl/N-ethyl adjacent to an activating group) is 1. The molecule has 2 amide bonds. The second kappa shape index (κ2) is 6.59. The molecule has 2 atom stereocenters. The van der Waals surface area contributed by atoms with Crippen LogP contribution in [0.3, 0.4) is 0 Å². The van der Waals surface area contributed by atoms with E-state index in [4.69, 9.17) is 5.73 Å². The summed E-state index contributed by atoms with van der Waals surface area (Å²) in [4.78, 5) is 24.9. The summed E-state index contributed by atoms with van der Waals surface area (Å²) in [5, 5.41) is 2.70. The van der Waals surface area contributed by atoms with Gasteiger partial charge in [0.05, 0.1) is 6.54 Å². The molecule has 2 unspecified atom stereocenters. The van der Waals surface area contributed by atoms with Gasteiger partial charge in [0.15, 0.2) is 0 Å². The third kappa shape index (κ3) is 4.34. The Hall–Kier alpha value is -1.10. The predicted octanol–water partition coefficient (Wildman–Crippen LogP) is 0.0984. The smallest absolute Gasteiger partial charge is 0.241 e. The van der Waals surface area contributed by atoms with Crippen molar-refractivity contribution in [3.8, 4) is 0 Å². The highest BCUT2D eigenvalue weighted by molar-refractivity contribution is 5.85. The van der Waals surface area contributed by atoms with Crippen LogP contribution in [0.2, 0.25) is 0 Å². The molecule has 0 aromatic carbocycles. The lowest BCUT2D eigenvalue weighted by molar-refractivity contribution is -0.133. The second-order valence-corrected chi connectivity index (χ2v) is 4.75. The molecule has 5 nitrogen and oxygen atoms in total. The van der Waals surface area contributed by atoms with E-state index in [1.807, 2.05) is 6.92 Å². The third-order valence-corrected chi connectivity index (χ3v) is 3.40. The molecule has 0 bridgehead atoms. The van der Waals surface area contributed by atoms with Crippen LogP contribution in [0.5, 0.6) is 0 Å². The quantitative estimate of drug-likeness (QED) is 0.733. The number of hydrogen-bond acceptors (Lipinski definition) is 3. The van der Waals surface area contributed by atoms with Crippen LogP contribution in [0.15, 0.2) is 0 Å². The van der Waals surface area contributed by atoms with E-state index in [0.29, 0.717) is 6.54 Å². The van der Waals surface area contributed by atoms with Gasteiger partial charge in [0.1, 0.15) is 0 Å². The monoisotopic (exact) mass is 241 g/mol. The topological polar surface area (TPSA) is 75.4 Å². The zero-order valence-corrected chi connectivity index (χ0v) is 10.7. The molecule has 0 aromatic heterocycles. The molecular weight excluding hydrogens is 218 g/mol. The van der Waals surface area contributed by atoms with Crippen molar-refractivity contribution in [1.82, 2.24) is 10.2 Å². The fourth-order valence-electron chi connectivity index (χ4n) is 2.08. The van der Waals surface area contributed by atoms with E-state index < -0.39 is 0 Å². The molecule has 17 heavy (non-hydrogen) atoms. The van der Waals surface area contributed by atoms with E-state index in [-0.39, 0.29) is 30.3 Å². The molecule has 0 radical (unpaired) electrons. The molecule has 5 heteroatoms. The lowest BCUT2D eigenvalue weighted by Crippen LogP contribution is -2.42. The van der Waals surface area contributed by atoms with Crippen LogP contribution >= 0.6 is 0 Å². The molecular formula is C12H23N3O2. The van der Waals surface area contributed by atoms with Crippen molar-refractivity contribution in [2.45, 2.75) is 38.6 Å². The molecule has 0 aromatic rings. The first-order valence-corrected chi connectivity index (χ1v) is 6.31. The van der Waals surface area contributed by atoms with Gasteiger partial charge in [0, 0.05) is 25.6 Å². The van der Waals surface area contributed by atoms with Gasteiger partial charge >= 0.3 is 0 Å². The van der Waals surface area contributed by atoms with E-state index >= 15 is 0 Å². The predicted molar refractivity (Wildman–Crippen MR) is 66.3 cm³/mol. The molecule has 1 aliphatic rings. The number of amides is 2. The van der Waals surface area contributed by atoms with Gasteiger partial charge in [-0.25, -0.2) is 0 Å². The van der Waals surface area contributed by atoms with Gasteiger partial charge in [0.25, 0.3) is 0 Å². The third-order valence-electron chi connectivity index (χ3n) is 3.40. The van der Waals surface area contributed by atoms with Gasteiger partial charge in [-0.2, -0.15) is 0 Å². The molecule has 0 saturated heterocycles. The molecule has 0 heterocycles. The van der Waals surface area contributed by atoms with Crippen molar-refractivity contribution in [2.24, 2.45) is 11.7 Å². The summed E-state index contributed by atoms with van der Waals surface area (Å²) in [7, 11) is 1.73. The Labute approximate surface area is 103 Å². The Balaban J connectivity index is 2.31. The standard InChI is InChI=1S/C12H23N3O2/c1-3-15(2)11(16)8-14-12(17)9-5-4-6-10(13)7-9/h9-10H,3-8,13H2,1-2H3,(H,14,17).